The van der Waals surface area contributed by atoms with Crippen molar-refractivity contribution in [2.45, 2.75) is 70.4 Å². The van der Waals surface area contributed by atoms with Gasteiger partial charge in [0, 0.05) is 41.5 Å². The Kier molecular flexibility index (Phi) is 7.53. The van der Waals surface area contributed by atoms with E-state index < -0.39 is 46.1 Å². The lowest BCUT2D eigenvalue weighted by atomic mass is 9.46. The standard InChI is InChI=1S/C32H36N2O8S/c1-30-10-8-21(36)14-19(30)6-7-22-23-9-11-32(26(38)17-35,31(23,2)15-24(37)28(22)30)42-29(39)25-16-33-27(43-25)13-18-4-3-5-20(12-18)34(40)41/h3-5,8,10,12,14,16,22-24,28-29,35,37,39H,6-7,9,11,13,15,17H2,1-2H3. The number of aliphatic hydroxyl groups is 3. The van der Waals surface area contributed by atoms with E-state index in [4.69, 9.17) is 4.74 Å². The van der Waals surface area contributed by atoms with Crippen molar-refractivity contribution in [3.05, 3.63) is 79.8 Å². The number of benzene rings is 1. The van der Waals surface area contributed by atoms with Gasteiger partial charge in [0.05, 0.1) is 20.9 Å². The molecule has 1 aromatic heterocycles. The van der Waals surface area contributed by atoms with Crippen molar-refractivity contribution in [3.8, 4) is 0 Å². The van der Waals surface area contributed by atoms with Crippen LogP contribution in [-0.4, -0.2) is 55.1 Å². The van der Waals surface area contributed by atoms with E-state index in [1.54, 1.807) is 24.3 Å². The van der Waals surface area contributed by atoms with Crippen LogP contribution < -0.4 is 0 Å². The normalized spacial score (nSPS) is 35.5. The maximum absolute atomic E-state index is 13.6. The number of fused-ring (bicyclic) bond motifs is 5. The second-order valence-electron chi connectivity index (χ2n) is 12.9. The summed E-state index contributed by atoms with van der Waals surface area (Å²) in [6, 6.07) is 6.28. The molecule has 0 amide bonds. The fourth-order valence-corrected chi connectivity index (χ4v) is 9.75. The number of thiazole rings is 1. The van der Waals surface area contributed by atoms with Gasteiger partial charge in [0.2, 0.25) is 0 Å². The molecule has 3 N–H and O–H groups in total. The molecule has 0 aliphatic heterocycles. The number of hydrogen-bond donors (Lipinski definition) is 3. The van der Waals surface area contributed by atoms with Crippen molar-refractivity contribution < 1.29 is 34.6 Å². The first-order chi connectivity index (χ1) is 20.4. The van der Waals surface area contributed by atoms with Crippen molar-refractivity contribution in [2.24, 2.45) is 28.6 Å². The highest BCUT2D eigenvalue weighted by Gasteiger charge is 2.69. The highest BCUT2D eigenvalue weighted by Crippen LogP contribution is 2.68. The second-order valence-corrected chi connectivity index (χ2v) is 14.0. The molecule has 11 heteroatoms. The smallest absolute Gasteiger partial charge is 0.269 e. The first-order valence-electron chi connectivity index (χ1n) is 14.7. The lowest BCUT2D eigenvalue weighted by molar-refractivity contribution is -0.384. The summed E-state index contributed by atoms with van der Waals surface area (Å²) in [7, 11) is 0. The van der Waals surface area contributed by atoms with Crippen LogP contribution in [0.1, 0.15) is 67.7 Å². The highest BCUT2D eigenvalue weighted by atomic mass is 32.1. The Morgan fingerprint density at radius 1 is 1.30 bits per heavy atom. The number of carbonyl (C=O) groups excluding carboxylic acids is 2. The van der Waals surface area contributed by atoms with Crippen molar-refractivity contribution in [1.29, 1.82) is 0 Å². The zero-order valence-electron chi connectivity index (χ0n) is 24.1. The molecule has 1 aromatic carbocycles. The van der Waals surface area contributed by atoms with E-state index in [0.717, 1.165) is 18.4 Å². The molecule has 1 heterocycles. The molecule has 2 aromatic rings. The summed E-state index contributed by atoms with van der Waals surface area (Å²) in [5.74, 6) is -0.619. The van der Waals surface area contributed by atoms with Crippen molar-refractivity contribution in [3.63, 3.8) is 0 Å². The summed E-state index contributed by atoms with van der Waals surface area (Å²) >= 11 is 1.19. The third-order valence-corrected chi connectivity index (χ3v) is 11.8. The highest BCUT2D eigenvalue weighted by molar-refractivity contribution is 7.11. The lowest BCUT2D eigenvalue weighted by Crippen LogP contribution is -2.62. The average Bonchev–Trinajstić information content (AvgIpc) is 3.55. The fraction of sp³-hybridized carbons (Fsp3) is 0.531. The quantitative estimate of drug-likeness (QED) is 0.226. The van der Waals surface area contributed by atoms with Crippen LogP contribution >= 0.6 is 11.3 Å². The SMILES string of the molecule is CC12C=CC(=O)C=C1CCC1C2C(O)CC2(C)C1CCC2(OC(O)c1cnc(Cc2cccc([N+](=O)[O-])c2)s1)C(=O)CO. The molecular weight excluding hydrogens is 572 g/mol. The molecule has 6 rings (SSSR count). The van der Waals surface area contributed by atoms with Crippen LogP contribution in [0.5, 0.6) is 0 Å². The number of carbonyl (C=O) groups is 2. The molecule has 4 aliphatic rings. The first kappa shape index (κ1) is 30.0. The first-order valence-corrected chi connectivity index (χ1v) is 15.5. The zero-order chi connectivity index (χ0) is 30.7. The largest absolute Gasteiger partial charge is 0.393 e. The Hall–Kier alpha value is -3.09. The number of ether oxygens (including phenoxy) is 1. The molecular formula is C32H36N2O8S. The van der Waals surface area contributed by atoms with Crippen LogP contribution in [0.2, 0.25) is 0 Å². The molecule has 3 saturated carbocycles. The van der Waals surface area contributed by atoms with Crippen LogP contribution in [0.3, 0.4) is 0 Å². The van der Waals surface area contributed by atoms with Crippen molar-refractivity contribution in [2.75, 3.05) is 6.61 Å². The third-order valence-electron chi connectivity index (χ3n) is 10.8. The molecule has 0 saturated heterocycles. The summed E-state index contributed by atoms with van der Waals surface area (Å²) < 4.78 is 6.34. The van der Waals surface area contributed by atoms with Gasteiger partial charge < -0.3 is 20.1 Å². The Balaban J connectivity index is 1.27. The summed E-state index contributed by atoms with van der Waals surface area (Å²) in [4.78, 5) is 41.2. The number of aliphatic hydroxyl groups excluding tert-OH is 3. The summed E-state index contributed by atoms with van der Waals surface area (Å²) in [5.41, 5.74) is -1.10. The van der Waals surface area contributed by atoms with Gasteiger partial charge in [-0.25, -0.2) is 4.98 Å². The molecule has 8 atom stereocenters. The van der Waals surface area contributed by atoms with Gasteiger partial charge >= 0.3 is 0 Å². The molecule has 43 heavy (non-hydrogen) atoms. The lowest BCUT2D eigenvalue weighted by Gasteiger charge is -2.60. The molecule has 0 radical (unpaired) electrons. The predicted molar refractivity (Wildman–Crippen MR) is 157 cm³/mol. The Labute approximate surface area is 253 Å². The van der Waals surface area contributed by atoms with Crippen LogP contribution in [0.25, 0.3) is 0 Å². The number of aromatic nitrogens is 1. The fourth-order valence-electron chi connectivity index (χ4n) is 8.88. The predicted octanol–water partition coefficient (Wildman–Crippen LogP) is 4.23. The second kappa shape index (κ2) is 10.8. The van der Waals surface area contributed by atoms with Gasteiger partial charge in [-0.2, -0.15) is 0 Å². The van der Waals surface area contributed by atoms with Gasteiger partial charge in [0.1, 0.15) is 12.2 Å². The van der Waals surface area contributed by atoms with Gasteiger partial charge in [0.15, 0.2) is 17.9 Å². The Morgan fingerprint density at radius 3 is 2.84 bits per heavy atom. The van der Waals surface area contributed by atoms with E-state index in [2.05, 4.69) is 11.9 Å². The zero-order valence-corrected chi connectivity index (χ0v) is 25.0. The number of ketones is 2. The number of nitro groups is 1. The molecule has 8 unspecified atom stereocenters. The maximum Gasteiger partial charge on any atom is 0.269 e. The van der Waals surface area contributed by atoms with Crippen LogP contribution in [0.4, 0.5) is 5.69 Å². The van der Waals surface area contributed by atoms with Crippen LogP contribution in [0, 0.1) is 38.7 Å². The topological polar surface area (TPSA) is 160 Å². The van der Waals surface area contributed by atoms with Gasteiger partial charge in [-0.3, -0.25) is 19.7 Å². The average molecular weight is 609 g/mol. The molecule has 0 bridgehead atoms. The van der Waals surface area contributed by atoms with Crippen molar-refractivity contribution >= 4 is 28.6 Å². The monoisotopic (exact) mass is 608 g/mol. The number of rotatable bonds is 8. The van der Waals surface area contributed by atoms with E-state index in [9.17, 15) is 35.0 Å². The van der Waals surface area contributed by atoms with Crippen LogP contribution in [0.15, 0.2) is 54.3 Å². The molecule has 0 spiro atoms. The van der Waals surface area contributed by atoms with Gasteiger partial charge in [-0.1, -0.05) is 37.6 Å². The van der Waals surface area contributed by atoms with E-state index in [1.165, 1.54) is 29.7 Å². The van der Waals surface area contributed by atoms with Gasteiger partial charge in [0.25, 0.3) is 5.69 Å². The number of Topliss-reactive ketones (excluding diaryl/α,β-unsaturated/α-hetero) is 1. The van der Waals surface area contributed by atoms with E-state index in [1.807, 2.05) is 13.0 Å². The number of non-ortho nitro benzene ring substituents is 1. The summed E-state index contributed by atoms with van der Waals surface area (Å²) in [6.07, 6.45) is 7.43. The van der Waals surface area contributed by atoms with Crippen molar-refractivity contribution in [1.82, 2.24) is 4.98 Å². The molecule has 3 fully saturated rings. The minimum atomic E-state index is -1.52. The summed E-state index contributed by atoms with van der Waals surface area (Å²) in [6.45, 7) is 3.27. The third kappa shape index (κ3) is 4.73. The van der Waals surface area contributed by atoms with Gasteiger partial charge in [-0.05, 0) is 61.7 Å². The van der Waals surface area contributed by atoms with E-state index in [0.29, 0.717) is 34.7 Å². The van der Waals surface area contributed by atoms with Crippen LogP contribution in [-0.2, 0) is 20.7 Å². The Morgan fingerprint density at radius 2 is 2.09 bits per heavy atom. The number of allylic oxidation sites excluding steroid dienone is 4. The Bertz CT molecular complexity index is 1530. The van der Waals surface area contributed by atoms with E-state index >= 15 is 0 Å². The van der Waals surface area contributed by atoms with Gasteiger partial charge in [-0.15, -0.1) is 11.3 Å². The minimum absolute atomic E-state index is 0.00102. The number of nitrogens with zero attached hydrogens (tertiary/aromatic N) is 2. The molecule has 10 nitrogen and oxygen atoms in total. The van der Waals surface area contributed by atoms with E-state index in [-0.39, 0.29) is 35.6 Å². The number of hydrogen-bond acceptors (Lipinski definition) is 10. The minimum Gasteiger partial charge on any atom is -0.393 e. The maximum atomic E-state index is 13.6. The molecule has 4 aliphatic carbocycles. The summed E-state index contributed by atoms with van der Waals surface area (Å²) in [5, 5.41) is 44.9. The number of nitro benzene ring substituents is 1. The molecule has 228 valence electrons.